The van der Waals surface area contributed by atoms with E-state index in [1.165, 1.54) is 0 Å². The van der Waals surface area contributed by atoms with E-state index < -0.39 is 11.4 Å². The summed E-state index contributed by atoms with van der Waals surface area (Å²) in [5.41, 5.74) is -0.393. The zero-order valence-corrected chi connectivity index (χ0v) is 6.35. The van der Waals surface area contributed by atoms with E-state index in [1.54, 1.807) is 0 Å². The summed E-state index contributed by atoms with van der Waals surface area (Å²) in [5, 5.41) is 10.5. The number of carboxylic acid groups (broad SMARTS) is 1. The third-order valence-corrected chi connectivity index (χ3v) is 2.30. The first kappa shape index (κ1) is 7.58. The van der Waals surface area contributed by atoms with Gasteiger partial charge in [-0.05, 0) is 19.3 Å². The van der Waals surface area contributed by atoms with E-state index in [4.69, 9.17) is 0 Å². The Morgan fingerprint density at radius 3 is 2.50 bits per heavy atom. The SMILES string of the molecule is CCCCC1(C(=O)[O-])CC1. The summed E-state index contributed by atoms with van der Waals surface area (Å²) >= 11 is 0. The maximum absolute atomic E-state index is 10.5. The zero-order valence-electron chi connectivity index (χ0n) is 6.35. The summed E-state index contributed by atoms with van der Waals surface area (Å²) in [6.07, 6.45) is 4.61. The molecule has 58 valence electrons. The van der Waals surface area contributed by atoms with Crippen LogP contribution in [0, 0.1) is 5.41 Å². The first-order valence-corrected chi connectivity index (χ1v) is 3.93. The summed E-state index contributed by atoms with van der Waals surface area (Å²) in [5.74, 6) is -0.832. The second-order valence-electron chi connectivity index (χ2n) is 3.17. The molecule has 0 atom stereocenters. The molecule has 0 aromatic rings. The molecule has 2 nitrogen and oxygen atoms in total. The van der Waals surface area contributed by atoms with Gasteiger partial charge in [0.2, 0.25) is 0 Å². The number of hydrogen-bond acceptors (Lipinski definition) is 2. The number of unbranched alkanes of at least 4 members (excludes halogenated alkanes) is 1. The van der Waals surface area contributed by atoms with Crippen molar-refractivity contribution in [1.82, 2.24) is 0 Å². The molecule has 10 heavy (non-hydrogen) atoms. The van der Waals surface area contributed by atoms with Crippen LogP contribution >= 0.6 is 0 Å². The van der Waals surface area contributed by atoms with Gasteiger partial charge in [0.15, 0.2) is 0 Å². The van der Waals surface area contributed by atoms with Crippen molar-refractivity contribution in [3.8, 4) is 0 Å². The highest BCUT2D eigenvalue weighted by molar-refractivity contribution is 5.75. The van der Waals surface area contributed by atoms with Gasteiger partial charge in [0.05, 0.1) is 0 Å². The molecule has 0 aliphatic heterocycles. The topological polar surface area (TPSA) is 40.1 Å². The molecule has 1 saturated carbocycles. The van der Waals surface area contributed by atoms with Crippen LogP contribution in [0.2, 0.25) is 0 Å². The summed E-state index contributed by atoms with van der Waals surface area (Å²) in [7, 11) is 0. The van der Waals surface area contributed by atoms with Crippen molar-refractivity contribution >= 4 is 5.97 Å². The monoisotopic (exact) mass is 141 g/mol. The smallest absolute Gasteiger partial charge is 0.0476 e. The van der Waals surface area contributed by atoms with Gasteiger partial charge in [0, 0.05) is 11.4 Å². The Balaban J connectivity index is 2.31. The van der Waals surface area contributed by atoms with Crippen LogP contribution in [0.3, 0.4) is 0 Å². The average molecular weight is 141 g/mol. The van der Waals surface area contributed by atoms with Gasteiger partial charge >= 0.3 is 0 Å². The lowest BCUT2D eigenvalue weighted by Crippen LogP contribution is -2.32. The molecule has 0 unspecified atom stereocenters. The van der Waals surface area contributed by atoms with Crippen LogP contribution in [-0.4, -0.2) is 5.97 Å². The minimum absolute atomic E-state index is 0.393. The molecule has 2 heteroatoms. The molecule has 0 radical (unpaired) electrons. The van der Waals surface area contributed by atoms with Crippen LogP contribution in [0.15, 0.2) is 0 Å². The molecule has 0 amide bonds. The molecule has 0 N–H and O–H groups in total. The molecule has 1 fully saturated rings. The second kappa shape index (κ2) is 2.60. The van der Waals surface area contributed by atoms with Gasteiger partial charge in [0.25, 0.3) is 0 Å². The Kier molecular flexibility index (Phi) is 1.97. The minimum atomic E-state index is -0.832. The highest BCUT2D eigenvalue weighted by Gasteiger charge is 2.42. The molecule has 0 spiro atoms. The van der Waals surface area contributed by atoms with E-state index >= 15 is 0 Å². The van der Waals surface area contributed by atoms with Gasteiger partial charge in [-0.15, -0.1) is 0 Å². The van der Waals surface area contributed by atoms with Gasteiger partial charge in [-0.25, -0.2) is 0 Å². The normalized spacial score (nSPS) is 20.5. The van der Waals surface area contributed by atoms with E-state index in [9.17, 15) is 9.90 Å². The fourth-order valence-corrected chi connectivity index (χ4v) is 1.22. The lowest BCUT2D eigenvalue weighted by atomic mass is 10.00. The van der Waals surface area contributed by atoms with Crippen LogP contribution in [0.1, 0.15) is 39.0 Å². The number of carboxylic acids is 1. The lowest BCUT2D eigenvalue weighted by molar-refractivity contribution is -0.314. The second-order valence-corrected chi connectivity index (χ2v) is 3.17. The molecule has 1 aliphatic rings. The molecule has 1 aliphatic carbocycles. The van der Waals surface area contributed by atoms with Gasteiger partial charge in [-0.2, -0.15) is 0 Å². The molecule has 0 aromatic heterocycles. The molecular formula is C8H13O2-. The van der Waals surface area contributed by atoms with Gasteiger partial charge in [-0.1, -0.05) is 19.8 Å². The largest absolute Gasteiger partial charge is 0.550 e. The van der Waals surface area contributed by atoms with Crippen LogP contribution in [0.4, 0.5) is 0 Å². The van der Waals surface area contributed by atoms with Crippen LogP contribution in [0.25, 0.3) is 0 Å². The summed E-state index contributed by atoms with van der Waals surface area (Å²) in [6, 6.07) is 0. The number of aliphatic carboxylic acids is 1. The summed E-state index contributed by atoms with van der Waals surface area (Å²) in [6.45, 7) is 2.07. The van der Waals surface area contributed by atoms with Crippen molar-refractivity contribution in [2.45, 2.75) is 39.0 Å². The van der Waals surface area contributed by atoms with Crippen molar-refractivity contribution in [3.63, 3.8) is 0 Å². The van der Waals surface area contributed by atoms with E-state index in [0.29, 0.717) is 0 Å². The standard InChI is InChI=1S/C8H14O2/c1-2-3-4-8(5-6-8)7(9)10/h2-6H2,1H3,(H,9,10)/p-1. The minimum Gasteiger partial charge on any atom is -0.550 e. The summed E-state index contributed by atoms with van der Waals surface area (Å²) in [4.78, 5) is 10.5. The predicted octanol–water partition coefficient (Wildman–Crippen LogP) is 0.707. The average Bonchev–Trinajstić information content (AvgIpc) is 2.64. The molecule has 1 rings (SSSR count). The third kappa shape index (κ3) is 1.31. The maximum atomic E-state index is 10.5. The van der Waals surface area contributed by atoms with E-state index in [-0.39, 0.29) is 0 Å². The predicted molar refractivity (Wildman–Crippen MR) is 36.2 cm³/mol. The Bertz CT molecular complexity index is 136. The fourth-order valence-electron chi connectivity index (χ4n) is 1.22. The van der Waals surface area contributed by atoms with Crippen LogP contribution < -0.4 is 5.11 Å². The molecular weight excluding hydrogens is 128 g/mol. The van der Waals surface area contributed by atoms with Crippen molar-refractivity contribution < 1.29 is 9.90 Å². The Hall–Kier alpha value is -0.530. The van der Waals surface area contributed by atoms with E-state index in [0.717, 1.165) is 32.1 Å². The number of carbonyl (C=O) groups is 1. The highest BCUT2D eigenvalue weighted by Crippen LogP contribution is 2.49. The van der Waals surface area contributed by atoms with E-state index in [1.807, 2.05) is 0 Å². The molecule has 0 heterocycles. The highest BCUT2D eigenvalue weighted by atomic mass is 16.4. The first-order valence-electron chi connectivity index (χ1n) is 3.93. The zero-order chi connectivity index (χ0) is 7.61. The van der Waals surface area contributed by atoms with Gasteiger partial charge in [-0.3, -0.25) is 0 Å². The van der Waals surface area contributed by atoms with Crippen molar-refractivity contribution in [2.75, 3.05) is 0 Å². The Labute approximate surface area is 61.2 Å². The van der Waals surface area contributed by atoms with Crippen LogP contribution in [-0.2, 0) is 4.79 Å². The lowest BCUT2D eigenvalue weighted by Gasteiger charge is -2.14. The Morgan fingerprint density at radius 1 is 1.60 bits per heavy atom. The number of carbonyl (C=O) groups excluding carboxylic acids is 1. The molecule has 0 aromatic carbocycles. The molecule has 0 saturated heterocycles. The Morgan fingerprint density at radius 2 is 2.20 bits per heavy atom. The van der Waals surface area contributed by atoms with E-state index in [2.05, 4.69) is 6.92 Å². The van der Waals surface area contributed by atoms with Crippen LogP contribution in [0.5, 0.6) is 0 Å². The van der Waals surface area contributed by atoms with Crippen molar-refractivity contribution in [3.05, 3.63) is 0 Å². The van der Waals surface area contributed by atoms with Crippen molar-refractivity contribution in [2.24, 2.45) is 5.41 Å². The maximum Gasteiger partial charge on any atom is 0.0476 e. The number of hydrogen-bond donors (Lipinski definition) is 0. The van der Waals surface area contributed by atoms with Gasteiger partial charge in [0.1, 0.15) is 0 Å². The fraction of sp³-hybridized carbons (Fsp3) is 0.875. The van der Waals surface area contributed by atoms with Crippen molar-refractivity contribution in [1.29, 1.82) is 0 Å². The quantitative estimate of drug-likeness (QED) is 0.578. The summed E-state index contributed by atoms with van der Waals surface area (Å²) < 4.78 is 0. The number of rotatable bonds is 4. The van der Waals surface area contributed by atoms with Gasteiger partial charge < -0.3 is 9.90 Å². The third-order valence-electron chi connectivity index (χ3n) is 2.30. The first-order chi connectivity index (χ1) is 4.71. The molecule has 0 bridgehead atoms.